The Morgan fingerprint density at radius 2 is 1.87 bits per heavy atom. The molecule has 1 N–H and O–H groups in total. The predicted molar refractivity (Wildman–Crippen MR) is 125 cm³/mol. The molecule has 0 bridgehead atoms. The van der Waals surface area contributed by atoms with Crippen molar-refractivity contribution < 1.29 is 9.53 Å². The molecule has 0 saturated heterocycles. The van der Waals surface area contributed by atoms with Gasteiger partial charge in [-0.15, -0.1) is 11.8 Å². The molecule has 0 unspecified atom stereocenters. The van der Waals surface area contributed by atoms with Gasteiger partial charge in [0, 0.05) is 32.6 Å². The summed E-state index contributed by atoms with van der Waals surface area (Å²) < 4.78 is 4.55. The van der Waals surface area contributed by atoms with Gasteiger partial charge in [0.15, 0.2) is 0 Å². The number of nitrogens with one attached hydrogen (secondary N) is 1. The first-order valence-corrected chi connectivity index (χ1v) is 10.9. The topological polar surface area (TPSA) is 67.9 Å². The average Bonchev–Trinajstić information content (AvgIpc) is 3.08. The lowest BCUT2D eigenvalue weighted by molar-refractivity contribution is -0.145. The van der Waals surface area contributed by atoms with Gasteiger partial charge in [-0.1, -0.05) is 20.8 Å². The van der Waals surface area contributed by atoms with Crippen LogP contribution in [0, 0.1) is 0 Å². The summed E-state index contributed by atoms with van der Waals surface area (Å²) in [6.07, 6.45) is 5.62. The summed E-state index contributed by atoms with van der Waals surface area (Å²) in [6, 6.07) is 10.3. The van der Waals surface area contributed by atoms with Crippen molar-refractivity contribution in [2.75, 3.05) is 6.61 Å². The molecule has 6 heteroatoms. The van der Waals surface area contributed by atoms with Gasteiger partial charge in [-0.2, -0.15) is 0 Å². The highest BCUT2D eigenvalue weighted by Gasteiger charge is 2.30. The highest BCUT2D eigenvalue weighted by atomic mass is 32.2. The summed E-state index contributed by atoms with van der Waals surface area (Å²) >= 11 is 1.51. The molecule has 0 radical (unpaired) electrons. The summed E-state index contributed by atoms with van der Waals surface area (Å²) in [5.41, 5.74) is 3.91. The summed E-state index contributed by atoms with van der Waals surface area (Å²) in [6.45, 7) is 12.4. The van der Waals surface area contributed by atoms with E-state index < -0.39 is 4.75 Å². The zero-order valence-electron chi connectivity index (χ0n) is 18.4. The standard InChI is InChI=1S/C24H29N3O2S/c1-7-29-22(28)24(5,6)30-19-10-11-20-16(13-19)12-18(27-20)9-8-17-14-21(23(2,3)4)26-15-25-17/h8-15,27H,7H2,1-6H3/b9-8+. The van der Waals surface area contributed by atoms with Crippen LogP contribution in [0.3, 0.4) is 0 Å². The van der Waals surface area contributed by atoms with Gasteiger partial charge in [0.05, 0.1) is 12.3 Å². The second-order valence-corrected chi connectivity index (χ2v) is 10.4. The molecule has 0 saturated carbocycles. The highest BCUT2D eigenvalue weighted by molar-refractivity contribution is 8.01. The van der Waals surface area contributed by atoms with E-state index >= 15 is 0 Å². The lowest BCUT2D eigenvalue weighted by Gasteiger charge is -2.21. The van der Waals surface area contributed by atoms with E-state index in [0.717, 1.165) is 32.9 Å². The van der Waals surface area contributed by atoms with E-state index in [9.17, 15) is 4.79 Å². The van der Waals surface area contributed by atoms with Crippen molar-refractivity contribution in [3.8, 4) is 0 Å². The first-order valence-electron chi connectivity index (χ1n) is 10.1. The number of fused-ring (bicyclic) bond motifs is 1. The monoisotopic (exact) mass is 423 g/mol. The summed E-state index contributed by atoms with van der Waals surface area (Å²) in [5, 5.41) is 1.09. The van der Waals surface area contributed by atoms with Crippen LogP contribution in [0.25, 0.3) is 23.1 Å². The van der Waals surface area contributed by atoms with Crippen LogP contribution in [-0.4, -0.2) is 32.3 Å². The van der Waals surface area contributed by atoms with Gasteiger partial charge in [-0.25, -0.2) is 9.97 Å². The molecule has 0 fully saturated rings. The van der Waals surface area contributed by atoms with E-state index in [4.69, 9.17) is 4.74 Å². The third kappa shape index (κ3) is 5.30. The molecule has 0 amide bonds. The number of benzene rings is 1. The van der Waals surface area contributed by atoms with Gasteiger partial charge in [0.1, 0.15) is 11.1 Å². The van der Waals surface area contributed by atoms with Gasteiger partial charge < -0.3 is 9.72 Å². The fraction of sp³-hybridized carbons (Fsp3) is 0.375. The lowest BCUT2D eigenvalue weighted by atomic mass is 9.91. The van der Waals surface area contributed by atoms with E-state index in [-0.39, 0.29) is 11.4 Å². The van der Waals surface area contributed by atoms with Gasteiger partial charge in [-0.3, -0.25) is 4.79 Å². The third-order valence-electron chi connectivity index (χ3n) is 4.64. The van der Waals surface area contributed by atoms with Crippen molar-refractivity contribution in [3.63, 3.8) is 0 Å². The Labute approximate surface area is 182 Å². The lowest BCUT2D eigenvalue weighted by Crippen LogP contribution is -2.29. The molecule has 2 aromatic heterocycles. The van der Waals surface area contributed by atoms with Gasteiger partial charge in [-0.05, 0) is 63.3 Å². The Kier molecular flexibility index (Phi) is 6.36. The molecule has 158 valence electrons. The number of esters is 1. The van der Waals surface area contributed by atoms with E-state index in [1.165, 1.54) is 11.8 Å². The number of hydrogen-bond donors (Lipinski definition) is 1. The van der Waals surface area contributed by atoms with Crippen LogP contribution >= 0.6 is 11.8 Å². The molecule has 2 heterocycles. The minimum absolute atomic E-state index is 0.0158. The van der Waals surface area contributed by atoms with Crippen molar-refractivity contribution in [2.45, 2.75) is 56.6 Å². The number of nitrogens with zero attached hydrogens (tertiary/aromatic N) is 2. The molecule has 3 aromatic rings. The Balaban J connectivity index is 1.80. The first kappa shape index (κ1) is 22.1. The Morgan fingerprint density at radius 1 is 1.10 bits per heavy atom. The van der Waals surface area contributed by atoms with Crippen LogP contribution in [-0.2, 0) is 14.9 Å². The minimum Gasteiger partial charge on any atom is -0.465 e. The summed E-state index contributed by atoms with van der Waals surface area (Å²) in [4.78, 5) is 25.3. The van der Waals surface area contributed by atoms with E-state index in [1.54, 1.807) is 6.33 Å². The molecule has 0 atom stereocenters. The zero-order valence-corrected chi connectivity index (χ0v) is 19.3. The molecule has 0 spiro atoms. The van der Waals surface area contributed by atoms with Gasteiger partial charge in [0.2, 0.25) is 0 Å². The van der Waals surface area contributed by atoms with Crippen molar-refractivity contribution in [1.82, 2.24) is 15.0 Å². The fourth-order valence-electron chi connectivity index (χ4n) is 2.98. The van der Waals surface area contributed by atoms with Crippen molar-refractivity contribution in [3.05, 3.63) is 53.7 Å². The number of rotatable bonds is 6. The third-order valence-corrected chi connectivity index (χ3v) is 5.81. The Bertz CT molecular complexity index is 1080. The van der Waals surface area contributed by atoms with Crippen molar-refractivity contribution in [2.24, 2.45) is 0 Å². The van der Waals surface area contributed by atoms with Crippen LogP contribution in [0.2, 0.25) is 0 Å². The maximum absolute atomic E-state index is 12.2. The molecular formula is C24H29N3O2S. The number of hydrogen-bond acceptors (Lipinski definition) is 5. The molecular weight excluding hydrogens is 394 g/mol. The Hall–Kier alpha value is -2.60. The molecule has 1 aromatic carbocycles. The maximum atomic E-state index is 12.2. The molecule has 3 rings (SSSR count). The SMILES string of the molecule is CCOC(=O)C(C)(C)Sc1ccc2[nH]c(/C=C/c3cc(C(C)(C)C)ncn3)cc2c1. The number of H-pyrrole nitrogens is 1. The number of aromatic nitrogens is 3. The van der Waals surface area contributed by atoms with E-state index in [2.05, 4.69) is 47.9 Å². The number of carbonyl (C=O) groups excluding carboxylic acids is 1. The zero-order chi connectivity index (χ0) is 21.9. The number of aromatic amines is 1. The van der Waals surface area contributed by atoms with E-state index in [0.29, 0.717) is 6.61 Å². The minimum atomic E-state index is -0.638. The predicted octanol–water partition coefficient (Wildman–Crippen LogP) is 5.86. The fourth-order valence-corrected chi connectivity index (χ4v) is 4.03. The number of carbonyl (C=O) groups is 1. The molecule has 0 aliphatic heterocycles. The molecule has 30 heavy (non-hydrogen) atoms. The van der Waals surface area contributed by atoms with Crippen LogP contribution in [0.1, 0.15) is 58.6 Å². The molecule has 5 nitrogen and oxygen atoms in total. The van der Waals surface area contributed by atoms with E-state index in [1.807, 2.05) is 51.1 Å². The highest BCUT2D eigenvalue weighted by Crippen LogP contribution is 2.35. The van der Waals surface area contributed by atoms with Crippen molar-refractivity contribution in [1.29, 1.82) is 0 Å². The first-order chi connectivity index (χ1) is 14.1. The number of thioether (sulfide) groups is 1. The number of ether oxygens (including phenoxy) is 1. The largest absolute Gasteiger partial charge is 0.465 e. The second kappa shape index (κ2) is 8.64. The quantitative estimate of drug-likeness (QED) is 0.397. The van der Waals surface area contributed by atoms with Crippen LogP contribution < -0.4 is 0 Å². The Morgan fingerprint density at radius 3 is 2.57 bits per heavy atom. The average molecular weight is 424 g/mol. The normalized spacial score (nSPS) is 12.6. The van der Waals surface area contributed by atoms with Gasteiger partial charge >= 0.3 is 5.97 Å². The molecule has 0 aliphatic carbocycles. The maximum Gasteiger partial charge on any atom is 0.321 e. The summed E-state index contributed by atoms with van der Waals surface area (Å²) in [7, 11) is 0. The van der Waals surface area contributed by atoms with Crippen LogP contribution in [0.15, 0.2) is 41.6 Å². The van der Waals surface area contributed by atoms with Crippen LogP contribution in [0.5, 0.6) is 0 Å². The second-order valence-electron chi connectivity index (χ2n) is 8.72. The van der Waals surface area contributed by atoms with Gasteiger partial charge in [0.25, 0.3) is 0 Å². The van der Waals surface area contributed by atoms with Crippen LogP contribution in [0.4, 0.5) is 0 Å². The summed E-state index contributed by atoms with van der Waals surface area (Å²) in [5.74, 6) is -0.202. The molecule has 0 aliphatic rings. The smallest absolute Gasteiger partial charge is 0.321 e. The van der Waals surface area contributed by atoms with Crippen molar-refractivity contribution >= 4 is 40.8 Å².